The number of pyridine rings is 1. The van der Waals surface area contributed by atoms with Gasteiger partial charge in [-0.15, -0.1) is 0 Å². The third-order valence-electron chi connectivity index (χ3n) is 3.48. The fourth-order valence-electron chi connectivity index (χ4n) is 2.41. The molecule has 3 nitrogen and oxygen atoms in total. The zero-order valence-corrected chi connectivity index (χ0v) is 12.1. The summed E-state index contributed by atoms with van der Waals surface area (Å²) in [6.45, 7) is 2.56. The summed E-state index contributed by atoms with van der Waals surface area (Å²) in [7, 11) is 0. The van der Waals surface area contributed by atoms with Crippen molar-refractivity contribution in [3.8, 4) is 0 Å². The Morgan fingerprint density at radius 1 is 1.33 bits per heavy atom. The Morgan fingerprint density at radius 3 is 2.62 bits per heavy atom. The van der Waals surface area contributed by atoms with Crippen LogP contribution in [0, 0.1) is 5.92 Å². The van der Waals surface area contributed by atoms with E-state index in [4.69, 9.17) is 5.73 Å². The van der Waals surface area contributed by atoms with Crippen LogP contribution < -0.4 is 5.73 Å². The van der Waals surface area contributed by atoms with Gasteiger partial charge in [0.1, 0.15) is 0 Å². The molecule has 21 heavy (non-hydrogen) atoms. The zero-order chi connectivity index (χ0) is 15.9. The Bertz CT molecular complexity index is 454. The van der Waals surface area contributed by atoms with E-state index in [1.807, 2.05) is 6.92 Å². The number of alkyl halides is 3. The molecule has 6 heteroatoms. The number of halogens is 3. The van der Waals surface area contributed by atoms with Crippen LogP contribution in [0.1, 0.15) is 54.9 Å². The van der Waals surface area contributed by atoms with E-state index < -0.39 is 17.5 Å². The van der Waals surface area contributed by atoms with Crippen molar-refractivity contribution in [3.63, 3.8) is 0 Å². The maximum Gasteiger partial charge on any atom is 0.417 e. The summed E-state index contributed by atoms with van der Waals surface area (Å²) >= 11 is 0. The minimum Gasteiger partial charge on any atom is -0.330 e. The maximum absolute atomic E-state index is 12.9. The highest BCUT2D eigenvalue weighted by Crippen LogP contribution is 2.32. The lowest BCUT2D eigenvalue weighted by atomic mass is 9.91. The van der Waals surface area contributed by atoms with Crippen molar-refractivity contribution < 1.29 is 18.0 Å². The van der Waals surface area contributed by atoms with Gasteiger partial charge in [0.05, 0.1) is 5.56 Å². The first-order valence-electron chi connectivity index (χ1n) is 7.14. The van der Waals surface area contributed by atoms with Crippen LogP contribution in [0.25, 0.3) is 0 Å². The summed E-state index contributed by atoms with van der Waals surface area (Å²) in [5.41, 5.74) is 4.27. The number of hydrogen-bond acceptors (Lipinski definition) is 3. The second kappa shape index (κ2) is 8.12. The van der Waals surface area contributed by atoms with Gasteiger partial charge in [-0.1, -0.05) is 19.8 Å². The van der Waals surface area contributed by atoms with Gasteiger partial charge in [-0.25, -0.2) is 0 Å². The minimum absolute atomic E-state index is 0.0967. The van der Waals surface area contributed by atoms with Gasteiger partial charge < -0.3 is 5.73 Å². The first-order chi connectivity index (χ1) is 9.90. The topological polar surface area (TPSA) is 56.0 Å². The molecule has 1 atom stereocenters. The lowest BCUT2D eigenvalue weighted by Crippen LogP contribution is -2.15. The van der Waals surface area contributed by atoms with Crippen LogP contribution in [0.2, 0.25) is 0 Å². The second-order valence-electron chi connectivity index (χ2n) is 5.11. The highest BCUT2D eigenvalue weighted by atomic mass is 19.4. The van der Waals surface area contributed by atoms with Crippen molar-refractivity contribution in [2.45, 2.75) is 45.2 Å². The molecule has 1 rings (SSSR count). The number of carbonyl (C=O) groups excluding carboxylic acids is 1. The first kappa shape index (κ1) is 17.6. The molecule has 0 aliphatic rings. The third kappa shape index (κ3) is 5.46. The minimum atomic E-state index is -4.53. The molecule has 0 fully saturated rings. The Hall–Kier alpha value is -1.43. The van der Waals surface area contributed by atoms with Crippen molar-refractivity contribution >= 4 is 5.78 Å². The highest BCUT2D eigenvalue weighted by molar-refractivity contribution is 5.97. The number of nitrogens with zero attached hydrogens (tertiary/aromatic N) is 1. The molecule has 0 bridgehead atoms. The number of carbonyl (C=O) groups is 1. The Labute approximate surface area is 122 Å². The van der Waals surface area contributed by atoms with Crippen molar-refractivity contribution in [3.05, 3.63) is 29.6 Å². The van der Waals surface area contributed by atoms with Crippen LogP contribution in [0.5, 0.6) is 0 Å². The number of Topliss-reactive ketones (excluding diaryl/α,β-unsaturated/α-hetero) is 1. The molecule has 0 radical (unpaired) electrons. The summed E-state index contributed by atoms with van der Waals surface area (Å²) in [5, 5.41) is 0. The van der Waals surface area contributed by atoms with Crippen molar-refractivity contribution in [1.29, 1.82) is 0 Å². The quantitative estimate of drug-likeness (QED) is 0.742. The number of rotatable bonds is 8. The van der Waals surface area contributed by atoms with E-state index in [0.29, 0.717) is 13.0 Å². The average Bonchev–Trinajstić information content (AvgIpc) is 2.44. The third-order valence-corrected chi connectivity index (χ3v) is 3.48. The molecule has 0 aromatic carbocycles. The molecule has 0 saturated carbocycles. The lowest BCUT2D eigenvalue weighted by Gasteiger charge is -2.15. The lowest BCUT2D eigenvalue weighted by molar-refractivity contribution is -0.138. The SMILES string of the molecule is CCCC(CCN)CCC(=O)c1cnccc1C(F)(F)F. The van der Waals surface area contributed by atoms with Gasteiger partial charge in [0.25, 0.3) is 0 Å². The predicted molar refractivity (Wildman–Crippen MR) is 74.9 cm³/mol. The van der Waals surface area contributed by atoms with Gasteiger partial charge in [0.15, 0.2) is 5.78 Å². The van der Waals surface area contributed by atoms with Crippen LogP contribution in [0.3, 0.4) is 0 Å². The summed E-state index contributed by atoms with van der Waals surface area (Å²) in [6.07, 6.45) is 0.879. The summed E-state index contributed by atoms with van der Waals surface area (Å²) in [4.78, 5) is 15.7. The molecular weight excluding hydrogens is 281 g/mol. The van der Waals surface area contributed by atoms with E-state index in [9.17, 15) is 18.0 Å². The van der Waals surface area contributed by atoms with Crippen LogP contribution in [0.4, 0.5) is 13.2 Å². The normalized spacial score (nSPS) is 13.2. The molecule has 0 spiro atoms. The first-order valence-corrected chi connectivity index (χ1v) is 7.14. The van der Waals surface area contributed by atoms with Crippen LogP contribution >= 0.6 is 0 Å². The van der Waals surface area contributed by atoms with Crippen LogP contribution in [-0.2, 0) is 6.18 Å². The summed E-state index contributed by atoms with van der Waals surface area (Å²) in [5.74, 6) is -0.219. The van der Waals surface area contributed by atoms with Crippen molar-refractivity contribution in [2.75, 3.05) is 6.54 Å². The van der Waals surface area contributed by atoms with Gasteiger partial charge in [0.2, 0.25) is 0 Å². The Kier molecular flexibility index (Phi) is 6.81. The largest absolute Gasteiger partial charge is 0.417 e. The molecule has 0 saturated heterocycles. The molecule has 0 amide bonds. The molecule has 1 aromatic heterocycles. The molecule has 1 heterocycles. The number of aromatic nitrogens is 1. The fourth-order valence-corrected chi connectivity index (χ4v) is 2.41. The Balaban J connectivity index is 2.76. The van der Waals surface area contributed by atoms with Gasteiger partial charge >= 0.3 is 6.18 Å². The molecule has 1 unspecified atom stereocenters. The maximum atomic E-state index is 12.9. The van der Waals surface area contributed by atoms with Gasteiger partial charge in [-0.2, -0.15) is 13.2 Å². The van der Waals surface area contributed by atoms with Gasteiger partial charge in [-0.3, -0.25) is 9.78 Å². The molecule has 0 aliphatic heterocycles. The van der Waals surface area contributed by atoms with E-state index in [-0.39, 0.29) is 17.9 Å². The van der Waals surface area contributed by atoms with E-state index in [0.717, 1.165) is 37.7 Å². The van der Waals surface area contributed by atoms with E-state index in [2.05, 4.69) is 4.98 Å². The molecular formula is C15H21F3N2O. The fraction of sp³-hybridized carbons (Fsp3) is 0.600. The van der Waals surface area contributed by atoms with Gasteiger partial charge in [0, 0.05) is 24.4 Å². The zero-order valence-electron chi connectivity index (χ0n) is 12.1. The molecule has 118 valence electrons. The number of nitrogens with two attached hydrogens (primary N) is 1. The highest BCUT2D eigenvalue weighted by Gasteiger charge is 2.35. The molecule has 2 N–H and O–H groups in total. The summed E-state index contributed by atoms with van der Waals surface area (Å²) in [6, 6.07) is 0.844. The molecule has 1 aromatic rings. The Morgan fingerprint density at radius 2 is 2.05 bits per heavy atom. The van der Waals surface area contributed by atoms with E-state index in [1.165, 1.54) is 0 Å². The standard InChI is InChI=1S/C15H21F3N2O/c1-2-3-11(6-8-19)4-5-14(21)12-10-20-9-7-13(12)15(16,17)18/h7,9-11H,2-6,8,19H2,1H3. The predicted octanol–water partition coefficient (Wildman–Crippen LogP) is 3.83. The number of ketones is 1. The van der Waals surface area contributed by atoms with Crippen LogP contribution in [-0.4, -0.2) is 17.3 Å². The summed E-state index contributed by atoms with van der Waals surface area (Å²) < 4.78 is 38.6. The monoisotopic (exact) mass is 302 g/mol. The second-order valence-corrected chi connectivity index (χ2v) is 5.11. The average molecular weight is 302 g/mol. The van der Waals surface area contributed by atoms with Gasteiger partial charge in [-0.05, 0) is 31.4 Å². The molecule has 0 aliphatic carbocycles. The smallest absolute Gasteiger partial charge is 0.330 e. The van der Waals surface area contributed by atoms with Crippen LogP contribution in [0.15, 0.2) is 18.5 Å². The van der Waals surface area contributed by atoms with Crippen molar-refractivity contribution in [1.82, 2.24) is 4.98 Å². The van der Waals surface area contributed by atoms with E-state index >= 15 is 0 Å². The van der Waals surface area contributed by atoms with E-state index in [1.54, 1.807) is 0 Å². The number of hydrogen-bond donors (Lipinski definition) is 1. The van der Waals surface area contributed by atoms with Crippen molar-refractivity contribution in [2.24, 2.45) is 11.7 Å².